The van der Waals surface area contributed by atoms with Crippen LogP contribution < -0.4 is 9.47 Å². The van der Waals surface area contributed by atoms with Gasteiger partial charge in [0.25, 0.3) is 0 Å². The monoisotopic (exact) mass is 224 g/mol. The summed E-state index contributed by atoms with van der Waals surface area (Å²) in [4.78, 5) is 0. The first-order chi connectivity index (χ1) is 7.71. The number of benzene rings is 1. The predicted octanol–water partition coefficient (Wildman–Crippen LogP) is 2.26. The smallest absolute Gasteiger partial charge is 0.161 e. The van der Waals surface area contributed by atoms with E-state index in [4.69, 9.17) is 14.6 Å². The molecule has 1 unspecified atom stereocenters. The molecule has 0 aliphatic rings. The number of aliphatic hydroxyl groups excluding tert-OH is 1. The van der Waals surface area contributed by atoms with Gasteiger partial charge in [-0.2, -0.15) is 0 Å². The molecule has 0 radical (unpaired) electrons. The van der Waals surface area contributed by atoms with Crippen LogP contribution in [0.3, 0.4) is 0 Å². The minimum Gasteiger partial charge on any atom is -0.493 e. The van der Waals surface area contributed by atoms with Gasteiger partial charge >= 0.3 is 0 Å². The van der Waals surface area contributed by atoms with Crippen LogP contribution in [0.5, 0.6) is 11.5 Å². The summed E-state index contributed by atoms with van der Waals surface area (Å²) in [5, 5.41) is 8.91. The van der Waals surface area contributed by atoms with E-state index >= 15 is 0 Å². The Balaban J connectivity index is 2.71. The highest BCUT2D eigenvalue weighted by Crippen LogP contribution is 2.28. The van der Waals surface area contributed by atoms with Gasteiger partial charge in [-0.25, -0.2) is 0 Å². The van der Waals surface area contributed by atoms with Gasteiger partial charge in [0.2, 0.25) is 0 Å². The summed E-state index contributed by atoms with van der Waals surface area (Å²) >= 11 is 0. The lowest BCUT2D eigenvalue weighted by Gasteiger charge is -2.14. The van der Waals surface area contributed by atoms with E-state index in [1.807, 2.05) is 25.1 Å². The minimum absolute atomic E-state index is 0.134. The quantitative estimate of drug-likeness (QED) is 0.805. The van der Waals surface area contributed by atoms with Crippen LogP contribution in [0.15, 0.2) is 18.2 Å². The fourth-order valence-corrected chi connectivity index (χ4v) is 1.34. The standard InChI is InChI=1S/C13H20O3/c1-4-11-5-6-12(13(7-11)15-3)16-9-10(2)8-14/h5-7,10,14H,4,8-9H2,1-3H3. The van der Waals surface area contributed by atoms with Gasteiger partial charge in [0, 0.05) is 12.5 Å². The van der Waals surface area contributed by atoms with E-state index in [9.17, 15) is 0 Å². The summed E-state index contributed by atoms with van der Waals surface area (Å²) in [7, 11) is 1.64. The summed E-state index contributed by atoms with van der Waals surface area (Å²) in [6.45, 7) is 4.67. The van der Waals surface area contributed by atoms with E-state index in [0.29, 0.717) is 6.61 Å². The average Bonchev–Trinajstić information content (AvgIpc) is 2.35. The second kappa shape index (κ2) is 6.38. The van der Waals surface area contributed by atoms with Crippen LogP contribution >= 0.6 is 0 Å². The van der Waals surface area contributed by atoms with E-state index < -0.39 is 0 Å². The predicted molar refractivity (Wildman–Crippen MR) is 64.1 cm³/mol. The van der Waals surface area contributed by atoms with Crippen molar-refractivity contribution in [2.24, 2.45) is 5.92 Å². The lowest BCUT2D eigenvalue weighted by molar-refractivity contribution is 0.171. The summed E-state index contributed by atoms with van der Waals surface area (Å²) in [5.41, 5.74) is 1.22. The third-order valence-corrected chi connectivity index (χ3v) is 2.47. The van der Waals surface area contributed by atoms with Crippen molar-refractivity contribution >= 4 is 0 Å². The van der Waals surface area contributed by atoms with Gasteiger partial charge in [0.05, 0.1) is 13.7 Å². The molecule has 1 rings (SSSR count). The molecule has 0 spiro atoms. The van der Waals surface area contributed by atoms with Crippen LogP contribution in [0.1, 0.15) is 19.4 Å². The molecule has 0 fully saturated rings. The van der Waals surface area contributed by atoms with Crippen molar-refractivity contribution < 1.29 is 14.6 Å². The molecule has 0 aliphatic heterocycles. The van der Waals surface area contributed by atoms with Gasteiger partial charge in [-0.15, -0.1) is 0 Å². The molecule has 0 saturated carbocycles. The van der Waals surface area contributed by atoms with Crippen molar-refractivity contribution in [3.8, 4) is 11.5 Å². The molecule has 16 heavy (non-hydrogen) atoms. The SMILES string of the molecule is CCc1ccc(OCC(C)CO)c(OC)c1. The zero-order valence-electron chi connectivity index (χ0n) is 10.2. The molecule has 0 aliphatic carbocycles. The van der Waals surface area contributed by atoms with E-state index in [1.54, 1.807) is 7.11 Å². The van der Waals surface area contributed by atoms with Crippen LogP contribution in [0.2, 0.25) is 0 Å². The molecule has 1 aromatic carbocycles. The Labute approximate surface area is 97.0 Å². The second-order valence-corrected chi connectivity index (χ2v) is 3.94. The summed E-state index contributed by atoms with van der Waals surface area (Å²) in [6.07, 6.45) is 0.976. The fourth-order valence-electron chi connectivity index (χ4n) is 1.34. The third kappa shape index (κ3) is 3.42. The van der Waals surface area contributed by atoms with Crippen molar-refractivity contribution in [3.05, 3.63) is 23.8 Å². The molecule has 1 aromatic rings. The van der Waals surface area contributed by atoms with Crippen molar-refractivity contribution in [1.29, 1.82) is 0 Å². The van der Waals surface area contributed by atoms with Crippen molar-refractivity contribution in [2.45, 2.75) is 20.3 Å². The maximum absolute atomic E-state index is 8.91. The van der Waals surface area contributed by atoms with Crippen LogP contribution in [0.4, 0.5) is 0 Å². The molecular weight excluding hydrogens is 204 g/mol. The first-order valence-electron chi connectivity index (χ1n) is 5.61. The van der Waals surface area contributed by atoms with Gasteiger partial charge in [0.1, 0.15) is 0 Å². The second-order valence-electron chi connectivity index (χ2n) is 3.94. The van der Waals surface area contributed by atoms with Crippen LogP contribution in [0.25, 0.3) is 0 Å². The number of methoxy groups -OCH3 is 1. The van der Waals surface area contributed by atoms with Gasteiger partial charge in [0.15, 0.2) is 11.5 Å². The Morgan fingerprint density at radius 2 is 2.06 bits per heavy atom. The van der Waals surface area contributed by atoms with Gasteiger partial charge in [-0.05, 0) is 24.1 Å². The first-order valence-corrected chi connectivity index (χ1v) is 5.61. The molecule has 1 N–H and O–H groups in total. The third-order valence-electron chi connectivity index (χ3n) is 2.47. The maximum atomic E-state index is 8.91. The Bertz CT molecular complexity index is 323. The summed E-state index contributed by atoms with van der Waals surface area (Å²) in [5.74, 6) is 1.63. The van der Waals surface area contributed by atoms with E-state index in [-0.39, 0.29) is 12.5 Å². The van der Waals surface area contributed by atoms with E-state index in [0.717, 1.165) is 17.9 Å². The molecule has 0 heterocycles. The van der Waals surface area contributed by atoms with Crippen molar-refractivity contribution in [2.75, 3.05) is 20.3 Å². The minimum atomic E-state index is 0.134. The first kappa shape index (κ1) is 12.8. The van der Waals surface area contributed by atoms with E-state index in [1.165, 1.54) is 5.56 Å². The molecule has 0 amide bonds. The summed E-state index contributed by atoms with van der Waals surface area (Å²) < 4.78 is 10.9. The molecule has 3 heteroatoms. The van der Waals surface area contributed by atoms with Crippen molar-refractivity contribution in [3.63, 3.8) is 0 Å². The molecule has 3 nitrogen and oxygen atoms in total. The number of hydrogen-bond donors (Lipinski definition) is 1. The zero-order chi connectivity index (χ0) is 12.0. The lowest BCUT2D eigenvalue weighted by Crippen LogP contribution is -2.12. The highest BCUT2D eigenvalue weighted by Gasteiger charge is 2.07. The van der Waals surface area contributed by atoms with E-state index in [2.05, 4.69) is 6.92 Å². The molecule has 1 atom stereocenters. The number of aliphatic hydroxyl groups is 1. The highest BCUT2D eigenvalue weighted by molar-refractivity contribution is 5.42. The molecule has 0 bridgehead atoms. The average molecular weight is 224 g/mol. The number of hydrogen-bond acceptors (Lipinski definition) is 3. The Kier molecular flexibility index (Phi) is 5.12. The normalized spacial score (nSPS) is 12.2. The zero-order valence-corrected chi connectivity index (χ0v) is 10.2. The molecule has 0 saturated heterocycles. The molecule has 90 valence electrons. The lowest BCUT2D eigenvalue weighted by atomic mass is 10.1. The number of ether oxygens (including phenoxy) is 2. The Morgan fingerprint density at radius 1 is 1.31 bits per heavy atom. The Hall–Kier alpha value is -1.22. The topological polar surface area (TPSA) is 38.7 Å². The molecular formula is C13H20O3. The van der Waals surface area contributed by atoms with Gasteiger partial charge < -0.3 is 14.6 Å². The Morgan fingerprint density at radius 3 is 2.62 bits per heavy atom. The largest absolute Gasteiger partial charge is 0.493 e. The van der Waals surface area contributed by atoms with Crippen LogP contribution in [-0.4, -0.2) is 25.4 Å². The molecule has 0 aromatic heterocycles. The summed E-state index contributed by atoms with van der Waals surface area (Å²) in [6, 6.07) is 5.93. The van der Waals surface area contributed by atoms with Crippen LogP contribution in [-0.2, 0) is 6.42 Å². The number of aryl methyl sites for hydroxylation is 1. The highest BCUT2D eigenvalue weighted by atomic mass is 16.5. The van der Waals surface area contributed by atoms with Gasteiger partial charge in [-0.3, -0.25) is 0 Å². The maximum Gasteiger partial charge on any atom is 0.161 e. The van der Waals surface area contributed by atoms with Gasteiger partial charge in [-0.1, -0.05) is 19.9 Å². The fraction of sp³-hybridized carbons (Fsp3) is 0.538. The van der Waals surface area contributed by atoms with Crippen LogP contribution in [0, 0.1) is 5.92 Å². The number of rotatable bonds is 6. The van der Waals surface area contributed by atoms with Crippen molar-refractivity contribution in [1.82, 2.24) is 0 Å².